The van der Waals surface area contributed by atoms with E-state index in [0.29, 0.717) is 0 Å². The van der Waals surface area contributed by atoms with Crippen molar-refractivity contribution in [3.8, 4) is 0 Å². The lowest BCUT2D eigenvalue weighted by atomic mass is 11.8. The quantitative estimate of drug-likeness (QED) is 0.444. The number of rotatable bonds is 0. The van der Waals surface area contributed by atoms with Crippen molar-refractivity contribution < 1.29 is 14.7 Å². The summed E-state index contributed by atoms with van der Waals surface area (Å²) in [5.74, 6) is 0. The van der Waals surface area contributed by atoms with E-state index < -0.39 is 0 Å². The van der Waals surface area contributed by atoms with Gasteiger partial charge in [-0.2, -0.15) is 9.59 Å². The molecule has 0 spiro atoms. The number of aliphatic hydroxyl groups is 1. The van der Waals surface area contributed by atoms with Crippen LogP contribution in [-0.4, -0.2) is 18.4 Å². The fourth-order valence-corrected chi connectivity index (χ4v) is 0. The Bertz CT molecular complexity index is 27.0. The van der Waals surface area contributed by atoms with E-state index in [0.717, 1.165) is 7.11 Å². The topological polar surface area (TPSA) is 54.4 Å². The van der Waals surface area contributed by atoms with Crippen LogP contribution in [0.25, 0.3) is 0 Å². The highest BCUT2D eigenvalue weighted by molar-refractivity contribution is 5.20. The van der Waals surface area contributed by atoms with Crippen LogP contribution < -0.4 is 0 Å². The van der Waals surface area contributed by atoms with E-state index in [-0.39, 0.29) is 13.6 Å². The molecule has 0 bridgehead atoms. The lowest BCUT2D eigenvalue weighted by molar-refractivity contribution is -0.191. The zero-order chi connectivity index (χ0) is 4.71. The summed E-state index contributed by atoms with van der Waals surface area (Å²) in [6.07, 6.45) is 0.250. The molecule has 0 aromatic carbocycles. The molecule has 0 heterocycles. The fourth-order valence-electron chi connectivity index (χ4n) is 0. The summed E-state index contributed by atoms with van der Waals surface area (Å²) >= 11 is 0. The third-order valence-corrected chi connectivity index (χ3v) is 0. The Morgan fingerprint density at radius 3 is 1.33 bits per heavy atom. The highest BCUT2D eigenvalue weighted by Gasteiger charge is 1.13. The van der Waals surface area contributed by atoms with Crippen molar-refractivity contribution in [2.75, 3.05) is 7.11 Å². The van der Waals surface area contributed by atoms with E-state index >= 15 is 0 Å². The summed E-state index contributed by atoms with van der Waals surface area (Å²) < 4.78 is 0. The minimum Gasteiger partial charge on any atom is -0.400 e. The minimum atomic E-state index is 0. The first-order valence-corrected chi connectivity index (χ1v) is 0.855. The molecule has 0 fully saturated rings. The number of aliphatic hydroxyl groups excluding tert-OH is 1. The average Bonchev–Trinajstić information content (AvgIpc) is 1.46. The van der Waals surface area contributed by atoms with Crippen LogP contribution in [0, 0.1) is 0 Å². The van der Waals surface area contributed by atoms with Crippen LogP contribution in [0.4, 0.5) is 0 Å². The third-order valence-electron chi connectivity index (χ3n) is 0. The maximum absolute atomic E-state index is 8.12. The van der Waals surface area contributed by atoms with Crippen LogP contribution in [-0.2, 0) is 9.59 Å². The second-order valence-corrected chi connectivity index (χ2v) is 0.0833. The van der Waals surface area contributed by atoms with Gasteiger partial charge in [-0.15, -0.1) is 0 Å². The standard InChI is InChI=1S/CO2.CH4O.CH4/c2-1-3;1-2;/h;2H,1H3;1H4. The van der Waals surface area contributed by atoms with Gasteiger partial charge in [0.2, 0.25) is 0 Å². The van der Waals surface area contributed by atoms with Gasteiger partial charge in [-0.1, -0.05) is 7.43 Å². The average molecular weight is 92.1 g/mol. The third kappa shape index (κ3) is 42.0. The summed E-state index contributed by atoms with van der Waals surface area (Å²) in [7, 11) is 1.00. The first-order valence-electron chi connectivity index (χ1n) is 0.855. The minimum absolute atomic E-state index is 0. The van der Waals surface area contributed by atoms with Crippen molar-refractivity contribution in [1.82, 2.24) is 0 Å². The number of hydrogen-bond acceptors (Lipinski definition) is 3. The predicted molar refractivity (Wildman–Crippen MR) is 19.9 cm³/mol. The first kappa shape index (κ1) is 18.4. The van der Waals surface area contributed by atoms with Crippen LogP contribution in [0.5, 0.6) is 0 Å². The van der Waals surface area contributed by atoms with Gasteiger partial charge < -0.3 is 5.11 Å². The Balaban J connectivity index is -0.0000000275. The van der Waals surface area contributed by atoms with Crippen molar-refractivity contribution in [2.45, 2.75) is 7.43 Å². The number of carbonyl (C=O) groups excluding carboxylic acids is 2. The fraction of sp³-hybridized carbons (Fsp3) is 0.667. The SMILES string of the molecule is C.CO.O=C=O. The van der Waals surface area contributed by atoms with Crippen LogP contribution in [0.2, 0.25) is 0 Å². The van der Waals surface area contributed by atoms with E-state index in [9.17, 15) is 0 Å². The van der Waals surface area contributed by atoms with Gasteiger partial charge in [0.05, 0.1) is 0 Å². The van der Waals surface area contributed by atoms with Gasteiger partial charge in [0.25, 0.3) is 0 Å². The summed E-state index contributed by atoms with van der Waals surface area (Å²) in [4.78, 5) is 16.2. The summed E-state index contributed by atoms with van der Waals surface area (Å²) in [6.45, 7) is 0. The molecule has 3 nitrogen and oxygen atoms in total. The van der Waals surface area contributed by atoms with Crippen molar-refractivity contribution in [3.63, 3.8) is 0 Å². The highest BCUT2D eigenvalue weighted by Crippen LogP contribution is 0.787. The van der Waals surface area contributed by atoms with Crippen molar-refractivity contribution >= 4 is 6.15 Å². The Hall–Kier alpha value is -0.660. The molecule has 0 unspecified atom stereocenters. The first-order chi connectivity index (χ1) is 2.41. The lowest BCUT2D eigenvalue weighted by Gasteiger charge is -1.21. The predicted octanol–water partition coefficient (Wildman–Crippen LogP) is -0.339. The molecule has 6 heavy (non-hydrogen) atoms. The van der Waals surface area contributed by atoms with E-state index in [1.165, 1.54) is 0 Å². The molecule has 0 aromatic rings. The summed E-state index contributed by atoms with van der Waals surface area (Å²) in [6, 6.07) is 0. The van der Waals surface area contributed by atoms with E-state index in [2.05, 4.69) is 0 Å². The van der Waals surface area contributed by atoms with Crippen molar-refractivity contribution in [2.24, 2.45) is 0 Å². The maximum Gasteiger partial charge on any atom is 0.373 e. The molecule has 0 amide bonds. The molecule has 1 N–H and O–H groups in total. The van der Waals surface area contributed by atoms with Gasteiger partial charge in [0, 0.05) is 7.11 Å². The van der Waals surface area contributed by atoms with Crippen LogP contribution in [0.15, 0.2) is 0 Å². The van der Waals surface area contributed by atoms with Crippen LogP contribution in [0.1, 0.15) is 7.43 Å². The monoisotopic (exact) mass is 92.0 g/mol. The molecule has 0 aliphatic heterocycles. The van der Waals surface area contributed by atoms with Gasteiger partial charge in [-0.3, -0.25) is 0 Å². The molecular formula is C3H8O3. The van der Waals surface area contributed by atoms with Crippen molar-refractivity contribution in [3.05, 3.63) is 0 Å². The zero-order valence-corrected chi connectivity index (χ0v) is 2.76. The molecule has 0 aliphatic carbocycles. The molecule has 0 aliphatic rings. The van der Waals surface area contributed by atoms with Crippen LogP contribution >= 0.6 is 0 Å². The summed E-state index contributed by atoms with van der Waals surface area (Å²) in [5, 5.41) is 7.00. The highest BCUT2D eigenvalue weighted by atomic mass is 16.2. The Labute approximate surface area is 36.6 Å². The second-order valence-electron chi connectivity index (χ2n) is 0.0833. The zero-order valence-electron chi connectivity index (χ0n) is 2.76. The van der Waals surface area contributed by atoms with Gasteiger partial charge in [0.1, 0.15) is 0 Å². The van der Waals surface area contributed by atoms with Gasteiger partial charge in [0.15, 0.2) is 0 Å². The molecule has 0 aromatic heterocycles. The molecule has 38 valence electrons. The molecule has 0 atom stereocenters. The lowest BCUT2D eigenvalue weighted by Crippen LogP contribution is -1.25. The Morgan fingerprint density at radius 2 is 1.33 bits per heavy atom. The smallest absolute Gasteiger partial charge is 0.373 e. The Morgan fingerprint density at radius 1 is 1.33 bits per heavy atom. The molecule has 3 heteroatoms. The van der Waals surface area contributed by atoms with Gasteiger partial charge >= 0.3 is 6.15 Å². The molecule has 0 rings (SSSR count). The van der Waals surface area contributed by atoms with Crippen molar-refractivity contribution in [1.29, 1.82) is 0 Å². The molecule has 0 radical (unpaired) electrons. The normalized spacial score (nSPS) is 2.33. The van der Waals surface area contributed by atoms with Gasteiger partial charge in [-0.05, 0) is 0 Å². The number of hydrogen-bond donors (Lipinski definition) is 1. The molecule has 0 saturated carbocycles. The van der Waals surface area contributed by atoms with Gasteiger partial charge in [-0.25, -0.2) is 0 Å². The van der Waals surface area contributed by atoms with E-state index in [1.807, 2.05) is 0 Å². The Kier molecular flexibility index (Phi) is 1280. The molecular weight excluding hydrogens is 84.0 g/mol. The second kappa shape index (κ2) is 419. The molecule has 0 saturated heterocycles. The maximum atomic E-state index is 8.12. The van der Waals surface area contributed by atoms with E-state index in [1.54, 1.807) is 0 Å². The largest absolute Gasteiger partial charge is 0.400 e. The van der Waals surface area contributed by atoms with Crippen LogP contribution in [0.3, 0.4) is 0 Å². The van der Waals surface area contributed by atoms with E-state index in [4.69, 9.17) is 14.7 Å². The summed E-state index contributed by atoms with van der Waals surface area (Å²) in [5.41, 5.74) is 0.